The summed E-state index contributed by atoms with van der Waals surface area (Å²) in [6, 6.07) is -0.0967. The van der Waals surface area contributed by atoms with Gasteiger partial charge in [-0.3, -0.25) is 9.00 Å². The van der Waals surface area contributed by atoms with Gasteiger partial charge in [-0.1, -0.05) is 20.3 Å². The summed E-state index contributed by atoms with van der Waals surface area (Å²) in [6.45, 7) is 6.82. The van der Waals surface area contributed by atoms with Gasteiger partial charge < -0.3 is 15.1 Å². The van der Waals surface area contributed by atoms with Crippen molar-refractivity contribution in [3.05, 3.63) is 0 Å². The van der Waals surface area contributed by atoms with E-state index < -0.39 is 10.8 Å². The first kappa shape index (κ1) is 18.2. The van der Waals surface area contributed by atoms with Crippen molar-refractivity contribution in [3.63, 3.8) is 0 Å². The highest BCUT2D eigenvalue weighted by Gasteiger charge is 2.41. The zero-order valence-electron chi connectivity index (χ0n) is 14.5. The molecule has 3 amide bonds. The molecule has 0 aromatic carbocycles. The molecule has 1 N–H and O–H groups in total. The maximum atomic E-state index is 12.4. The maximum absolute atomic E-state index is 12.4. The van der Waals surface area contributed by atoms with Crippen LogP contribution in [0.25, 0.3) is 0 Å². The molecule has 1 saturated carbocycles. The number of carbonyl (C=O) groups is 2. The smallest absolute Gasteiger partial charge is 0.317 e. The third-order valence-electron chi connectivity index (χ3n) is 5.03. The van der Waals surface area contributed by atoms with E-state index in [0.717, 1.165) is 25.7 Å². The molecule has 23 heavy (non-hydrogen) atoms. The van der Waals surface area contributed by atoms with E-state index in [9.17, 15) is 13.8 Å². The lowest BCUT2D eigenvalue weighted by atomic mass is 9.84. The number of hydrogen-bond acceptors (Lipinski definition) is 3. The van der Waals surface area contributed by atoms with Crippen molar-refractivity contribution in [2.45, 2.75) is 44.3 Å². The van der Waals surface area contributed by atoms with Crippen LogP contribution in [0.15, 0.2) is 0 Å². The van der Waals surface area contributed by atoms with Crippen molar-refractivity contribution in [2.75, 3.05) is 39.0 Å². The number of hydrogen-bond donors (Lipinski definition) is 1. The second-order valence-electron chi connectivity index (χ2n) is 6.97. The third-order valence-corrected chi connectivity index (χ3v) is 6.80. The van der Waals surface area contributed by atoms with Crippen LogP contribution >= 0.6 is 0 Å². The van der Waals surface area contributed by atoms with Crippen molar-refractivity contribution in [2.24, 2.45) is 5.92 Å². The Morgan fingerprint density at radius 1 is 1.09 bits per heavy atom. The van der Waals surface area contributed by atoms with Gasteiger partial charge in [0.2, 0.25) is 5.91 Å². The molecule has 0 bridgehead atoms. The first-order valence-corrected chi connectivity index (χ1v) is 10.1. The first-order valence-electron chi connectivity index (χ1n) is 8.51. The second kappa shape index (κ2) is 7.64. The van der Waals surface area contributed by atoms with Crippen LogP contribution in [0.2, 0.25) is 0 Å². The number of urea groups is 1. The lowest BCUT2D eigenvalue weighted by molar-refractivity contribution is -0.134. The van der Waals surface area contributed by atoms with Gasteiger partial charge in [-0.05, 0) is 19.3 Å². The number of nitrogens with one attached hydrogen (secondary N) is 1. The molecule has 0 radical (unpaired) electrons. The van der Waals surface area contributed by atoms with E-state index in [1.54, 1.807) is 11.2 Å². The predicted octanol–water partition coefficient (Wildman–Crippen LogP) is 1.19. The average molecular weight is 343 g/mol. The van der Waals surface area contributed by atoms with Gasteiger partial charge in [-0.25, -0.2) is 4.79 Å². The van der Waals surface area contributed by atoms with Crippen LogP contribution in [0.4, 0.5) is 4.79 Å². The molecular formula is C16H29N3O3S. The molecule has 0 unspecified atom stereocenters. The summed E-state index contributed by atoms with van der Waals surface area (Å²) in [4.78, 5) is 28.1. The van der Waals surface area contributed by atoms with Crippen LogP contribution in [0.1, 0.15) is 39.5 Å². The van der Waals surface area contributed by atoms with Crippen LogP contribution in [0.5, 0.6) is 0 Å². The predicted molar refractivity (Wildman–Crippen MR) is 91.7 cm³/mol. The number of amides is 3. The highest BCUT2D eigenvalue weighted by Crippen LogP contribution is 2.36. The highest BCUT2D eigenvalue weighted by atomic mass is 32.2. The van der Waals surface area contributed by atoms with E-state index in [0.29, 0.717) is 32.7 Å². The van der Waals surface area contributed by atoms with Crippen molar-refractivity contribution in [1.29, 1.82) is 0 Å². The maximum Gasteiger partial charge on any atom is 0.317 e. The van der Waals surface area contributed by atoms with Gasteiger partial charge in [0.05, 0.1) is 4.75 Å². The second-order valence-corrected chi connectivity index (χ2v) is 8.74. The van der Waals surface area contributed by atoms with Gasteiger partial charge in [0.25, 0.3) is 0 Å². The largest absolute Gasteiger partial charge is 0.341 e. The molecular weight excluding hydrogens is 314 g/mol. The molecule has 7 heteroatoms. The van der Waals surface area contributed by atoms with Gasteiger partial charge in [0.15, 0.2) is 0 Å². The summed E-state index contributed by atoms with van der Waals surface area (Å²) in [6.07, 6.45) is 5.47. The molecule has 1 aliphatic carbocycles. The third kappa shape index (κ3) is 4.25. The van der Waals surface area contributed by atoms with Crippen LogP contribution in [0.3, 0.4) is 0 Å². The molecule has 0 aromatic heterocycles. The Hall–Kier alpha value is -1.11. The monoisotopic (exact) mass is 343 g/mol. The van der Waals surface area contributed by atoms with Gasteiger partial charge in [-0.2, -0.15) is 0 Å². The molecule has 1 saturated heterocycles. The molecule has 2 rings (SSSR count). The van der Waals surface area contributed by atoms with E-state index in [4.69, 9.17) is 0 Å². The van der Waals surface area contributed by atoms with Crippen LogP contribution in [0, 0.1) is 5.92 Å². The molecule has 0 spiro atoms. The van der Waals surface area contributed by atoms with E-state index in [2.05, 4.69) is 5.32 Å². The topological polar surface area (TPSA) is 69.7 Å². The van der Waals surface area contributed by atoms with E-state index >= 15 is 0 Å². The first-order chi connectivity index (χ1) is 10.9. The Morgan fingerprint density at radius 3 is 2.22 bits per heavy atom. The summed E-state index contributed by atoms with van der Waals surface area (Å²) >= 11 is 0. The Kier molecular flexibility index (Phi) is 6.06. The molecule has 2 aliphatic rings. The summed E-state index contributed by atoms with van der Waals surface area (Å²) in [5, 5.41) is 2.96. The highest BCUT2D eigenvalue weighted by molar-refractivity contribution is 7.85. The van der Waals surface area contributed by atoms with Gasteiger partial charge in [0.1, 0.15) is 0 Å². The van der Waals surface area contributed by atoms with Gasteiger partial charge in [-0.15, -0.1) is 0 Å². The zero-order valence-corrected chi connectivity index (χ0v) is 15.3. The molecule has 132 valence electrons. The molecule has 6 nitrogen and oxygen atoms in total. The fraction of sp³-hybridized carbons (Fsp3) is 0.875. The van der Waals surface area contributed by atoms with Crippen molar-refractivity contribution >= 4 is 22.7 Å². The quantitative estimate of drug-likeness (QED) is 0.833. The van der Waals surface area contributed by atoms with Gasteiger partial charge >= 0.3 is 6.03 Å². The van der Waals surface area contributed by atoms with E-state index in [1.807, 2.05) is 18.7 Å². The average Bonchev–Trinajstić information content (AvgIpc) is 2.70. The number of carbonyl (C=O) groups excluding carboxylic acids is 2. The lowest BCUT2D eigenvalue weighted by Gasteiger charge is -2.40. The minimum Gasteiger partial charge on any atom is -0.341 e. The summed E-state index contributed by atoms with van der Waals surface area (Å²) in [7, 11) is -0.910. The molecule has 1 heterocycles. The van der Waals surface area contributed by atoms with Crippen LogP contribution < -0.4 is 5.32 Å². The van der Waals surface area contributed by atoms with E-state index in [1.165, 1.54) is 0 Å². The SMILES string of the molecule is CC(C)C(=O)N1CCCN(C(=O)NCC2([S@](C)=O)CCC2)CC1. The normalized spacial score (nSPS) is 22.3. The number of nitrogens with zero attached hydrogens (tertiary/aromatic N) is 2. The molecule has 1 aliphatic heterocycles. The Labute approximate surface area is 141 Å². The fourth-order valence-corrected chi connectivity index (χ4v) is 4.33. The summed E-state index contributed by atoms with van der Waals surface area (Å²) in [5.41, 5.74) is 0. The van der Waals surface area contributed by atoms with Crippen molar-refractivity contribution in [1.82, 2.24) is 15.1 Å². The summed E-state index contributed by atoms with van der Waals surface area (Å²) < 4.78 is 11.7. The van der Waals surface area contributed by atoms with Crippen LogP contribution in [-0.4, -0.2) is 69.7 Å². The molecule has 2 fully saturated rings. The standard InChI is InChI=1S/C16H29N3O3S/c1-13(2)14(20)18-8-5-9-19(11-10-18)15(21)17-12-16(23(3)22)6-4-7-16/h13H,4-12H2,1-3H3,(H,17,21)/t23-/m0/s1. The van der Waals surface area contributed by atoms with Crippen molar-refractivity contribution in [3.8, 4) is 0 Å². The number of rotatable bonds is 4. The fourth-order valence-electron chi connectivity index (χ4n) is 3.19. The Morgan fingerprint density at radius 2 is 1.70 bits per heavy atom. The summed E-state index contributed by atoms with van der Waals surface area (Å²) in [5.74, 6) is 0.149. The van der Waals surface area contributed by atoms with Crippen molar-refractivity contribution < 1.29 is 13.8 Å². The molecule has 0 aromatic rings. The molecule has 1 atom stereocenters. The zero-order chi connectivity index (χ0) is 17.0. The Bertz CT molecular complexity index is 477. The minimum atomic E-state index is -0.910. The van der Waals surface area contributed by atoms with Gasteiger partial charge in [0, 0.05) is 55.7 Å². The minimum absolute atomic E-state index is 0.00613. The lowest BCUT2D eigenvalue weighted by Crippen LogP contribution is -2.53. The Balaban J connectivity index is 1.84. The van der Waals surface area contributed by atoms with Crippen LogP contribution in [-0.2, 0) is 15.6 Å². The van der Waals surface area contributed by atoms with E-state index in [-0.39, 0.29) is 22.6 Å².